The summed E-state index contributed by atoms with van der Waals surface area (Å²) in [7, 11) is 0. The predicted molar refractivity (Wildman–Crippen MR) is 112 cm³/mol. The number of amides is 1. The van der Waals surface area contributed by atoms with Gasteiger partial charge in [0.2, 0.25) is 5.91 Å². The summed E-state index contributed by atoms with van der Waals surface area (Å²) in [5.74, 6) is 0.241. The predicted octanol–water partition coefficient (Wildman–Crippen LogP) is 4.98. The molecule has 2 fully saturated rings. The van der Waals surface area contributed by atoms with Gasteiger partial charge in [0, 0.05) is 28.3 Å². The molecular formula is C20H28Br2N2O. The second-order valence-electron chi connectivity index (χ2n) is 7.18. The van der Waals surface area contributed by atoms with Crippen LogP contribution in [0.4, 0.5) is 5.69 Å². The molecule has 1 aliphatic carbocycles. The van der Waals surface area contributed by atoms with Crippen LogP contribution in [0, 0.1) is 0 Å². The van der Waals surface area contributed by atoms with Gasteiger partial charge in [0.25, 0.3) is 0 Å². The second-order valence-corrected chi connectivity index (χ2v) is 9.27. The summed E-state index contributed by atoms with van der Waals surface area (Å²) in [5, 5.41) is 0.720. The van der Waals surface area contributed by atoms with Gasteiger partial charge in [-0.2, -0.15) is 0 Å². The van der Waals surface area contributed by atoms with Crippen molar-refractivity contribution in [3.63, 3.8) is 0 Å². The molecule has 3 nitrogen and oxygen atoms in total. The number of alkyl halides is 2. The molecule has 3 unspecified atom stereocenters. The monoisotopic (exact) mass is 470 g/mol. The first-order valence-electron chi connectivity index (χ1n) is 9.52. The molecule has 0 radical (unpaired) electrons. The van der Waals surface area contributed by atoms with E-state index in [-0.39, 0.29) is 11.9 Å². The molecule has 1 heterocycles. The molecule has 1 saturated carbocycles. The van der Waals surface area contributed by atoms with E-state index in [2.05, 4.69) is 53.8 Å². The van der Waals surface area contributed by atoms with E-state index >= 15 is 0 Å². The molecule has 0 N–H and O–H groups in total. The van der Waals surface area contributed by atoms with Crippen LogP contribution in [-0.2, 0) is 4.79 Å². The molecular weight excluding hydrogens is 444 g/mol. The first-order chi connectivity index (χ1) is 12.2. The van der Waals surface area contributed by atoms with E-state index in [1.165, 1.54) is 38.8 Å². The third-order valence-electron chi connectivity index (χ3n) is 5.51. The van der Waals surface area contributed by atoms with E-state index in [9.17, 15) is 4.79 Å². The molecule has 1 aromatic rings. The maximum Gasteiger partial charge on any atom is 0.228 e. The maximum atomic E-state index is 13.1. The number of carbonyl (C=O) groups excluding carboxylic acids is 1. The van der Waals surface area contributed by atoms with Crippen LogP contribution in [0.1, 0.15) is 44.9 Å². The van der Waals surface area contributed by atoms with Crippen LogP contribution < -0.4 is 4.90 Å². The normalized spacial score (nSPS) is 27.8. The van der Waals surface area contributed by atoms with E-state index in [4.69, 9.17) is 0 Å². The molecule has 1 saturated heterocycles. The molecule has 0 spiro atoms. The highest BCUT2D eigenvalue weighted by molar-refractivity contribution is 9.09. The van der Waals surface area contributed by atoms with Crippen LogP contribution in [0.25, 0.3) is 0 Å². The number of halogens is 2. The Morgan fingerprint density at radius 3 is 2.52 bits per heavy atom. The van der Waals surface area contributed by atoms with Crippen molar-refractivity contribution in [1.29, 1.82) is 0 Å². The molecule has 2 aliphatic rings. The highest BCUT2D eigenvalue weighted by Crippen LogP contribution is 2.34. The lowest BCUT2D eigenvalue weighted by Gasteiger charge is -2.41. The number of rotatable bonds is 5. The first-order valence-corrected chi connectivity index (χ1v) is 11.6. The van der Waals surface area contributed by atoms with Gasteiger partial charge in [-0.3, -0.25) is 9.69 Å². The Morgan fingerprint density at radius 2 is 1.84 bits per heavy atom. The fraction of sp³-hybridized carbons (Fsp3) is 0.650. The molecule has 1 aromatic carbocycles. The first kappa shape index (κ1) is 19.4. The number of likely N-dealkylation sites (tertiary alicyclic amines) is 1. The summed E-state index contributed by atoms with van der Waals surface area (Å²) in [6.45, 7) is 2.35. The lowest BCUT2D eigenvalue weighted by molar-refractivity contribution is -0.119. The summed E-state index contributed by atoms with van der Waals surface area (Å²) in [6.07, 6.45) is 7.73. The van der Waals surface area contributed by atoms with Crippen molar-refractivity contribution in [2.24, 2.45) is 0 Å². The number of para-hydroxylation sites is 1. The molecule has 3 rings (SSSR count). The second kappa shape index (κ2) is 9.52. The van der Waals surface area contributed by atoms with Crippen molar-refractivity contribution >= 4 is 43.5 Å². The highest BCUT2D eigenvalue weighted by Gasteiger charge is 2.38. The average molecular weight is 472 g/mol. The Kier molecular flexibility index (Phi) is 7.38. The summed E-state index contributed by atoms with van der Waals surface area (Å²) >= 11 is 7.34. The molecule has 25 heavy (non-hydrogen) atoms. The Balaban J connectivity index is 1.93. The minimum absolute atomic E-state index is 0.241. The lowest BCUT2D eigenvalue weighted by atomic mass is 9.98. The van der Waals surface area contributed by atoms with Crippen LogP contribution in [0.3, 0.4) is 0 Å². The molecule has 1 aliphatic heterocycles. The zero-order chi connectivity index (χ0) is 17.6. The quantitative estimate of drug-likeness (QED) is 0.446. The topological polar surface area (TPSA) is 23.6 Å². The maximum absolute atomic E-state index is 13.1. The van der Waals surface area contributed by atoms with E-state index < -0.39 is 0 Å². The Labute approximate surface area is 168 Å². The van der Waals surface area contributed by atoms with Gasteiger partial charge in [-0.15, -0.1) is 0 Å². The van der Waals surface area contributed by atoms with Crippen LogP contribution >= 0.6 is 31.9 Å². The van der Waals surface area contributed by atoms with E-state index in [0.29, 0.717) is 17.3 Å². The van der Waals surface area contributed by atoms with Crippen molar-refractivity contribution in [2.45, 2.75) is 61.9 Å². The number of nitrogens with zero attached hydrogens (tertiary/aromatic N) is 2. The number of hydrogen-bond acceptors (Lipinski definition) is 2. The number of benzene rings is 1. The number of carbonyl (C=O) groups is 1. The van der Waals surface area contributed by atoms with Gasteiger partial charge in [0.1, 0.15) is 0 Å². The summed E-state index contributed by atoms with van der Waals surface area (Å²) < 4.78 is 0. The van der Waals surface area contributed by atoms with Crippen molar-refractivity contribution in [3.05, 3.63) is 30.3 Å². The van der Waals surface area contributed by atoms with Crippen molar-refractivity contribution in [3.8, 4) is 0 Å². The summed E-state index contributed by atoms with van der Waals surface area (Å²) in [5.41, 5.74) is 1.05. The number of anilines is 1. The molecule has 0 aromatic heterocycles. The van der Waals surface area contributed by atoms with E-state index in [1.54, 1.807) is 0 Å². The van der Waals surface area contributed by atoms with Crippen molar-refractivity contribution in [1.82, 2.24) is 4.90 Å². The van der Waals surface area contributed by atoms with Gasteiger partial charge < -0.3 is 4.90 Å². The minimum Gasteiger partial charge on any atom is -0.308 e. The Morgan fingerprint density at radius 1 is 1.12 bits per heavy atom. The molecule has 3 atom stereocenters. The van der Waals surface area contributed by atoms with Gasteiger partial charge in [-0.1, -0.05) is 56.5 Å². The molecule has 0 bridgehead atoms. The van der Waals surface area contributed by atoms with Crippen molar-refractivity contribution in [2.75, 3.05) is 23.3 Å². The van der Waals surface area contributed by atoms with Gasteiger partial charge in [-0.05, 0) is 57.3 Å². The SMILES string of the molecule is O=C(CCBr)N(c1ccccc1)C1CCCC(Br)CC1N1CCCC1. The third-order valence-corrected chi connectivity index (χ3v) is 6.74. The van der Waals surface area contributed by atoms with E-state index in [0.717, 1.165) is 23.9 Å². The van der Waals surface area contributed by atoms with Gasteiger partial charge in [0.05, 0.1) is 6.04 Å². The van der Waals surface area contributed by atoms with Crippen LogP contribution in [0.15, 0.2) is 30.3 Å². The summed E-state index contributed by atoms with van der Waals surface area (Å²) in [6, 6.07) is 11.0. The van der Waals surface area contributed by atoms with Crippen LogP contribution in [0.5, 0.6) is 0 Å². The lowest BCUT2D eigenvalue weighted by Crippen LogP contribution is -2.53. The highest BCUT2D eigenvalue weighted by atomic mass is 79.9. The number of hydrogen-bond donors (Lipinski definition) is 0. The van der Waals surface area contributed by atoms with Crippen molar-refractivity contribution < 1.29 is 4.79 Å². The van der Waals surface area contributed by atoms with Crippen LogP contribution in [-0.4, -0.2) is 46.1 Å². The molecule has 138 valence electrons. The fourth-order valence-electron chi connectivity index (χ4n) is 4.35. The smallest absolute Gasteiger partial charge is 0.228 e. The fourth-order valence-corrected chi connectivity index (χ4v) is 5.40. The standard InChI is InChI=1S/C20H28Br2N2O/c21-12-11-20(25)24(17-8-2-1-3-9-17)18-10-6-7-16(22)15-19(18)23-13-4-5-14-23/h1-3,8-9,16,18-19H,4-7,10-15H2. The zero-order valence-electron chi connectivity index (χ0n) is 14.7. The summed E-state index contributed by atoms with van der Waals surface area (Å²) in [4.78, 5) is 18.4. The largest absolute Gasteiger partial charge is 0.308 e. The zero-order valence-corrected chi connectivity index (χ0v) is 17.9. The van der Waals surface area contributed by atoms with Gasteiger partial charge in [-0.25, -0.2) is 0 Å². The molecule has 5 heteroatoms. The Hall–Kier alpha value is -0.390. The van der Waals surface area contributed by atoms with Gasteiger partial charge >= 0.3 is 0 Å². The average Bonchev–Trinajstić information content (AvgIpc) is 3.08. The third kappa shape index (κ3) is 4.86. The van der Waals surface area contributed by atoms with Gasteiger partial charge in [0.15, 0.2) is 0 Å². The molecule has 1 amide bonds. The van der Waals surface area contributed by atoms with Crippen LogP contribution in [0.2, 0.25) is 0 Å². The Bertz CT molecular complexity index is 548. The van der Waals surface area contributed by atoms with E-state index in [1.807, 2.05) is 18.2 Å². The minimum atomic E-state index is 0.241.